The summed E-state index contributed by atoms with van der Waals surface area (Å²) in [5.74, 6) is 0.792. The summed E-state index contributed by atoms with van der Waals surface area (Å²) in [4.78, 5) is 24.5. The van der Waals surface area contributed by atoms with E-state index in [4.69, 9.17) is 16.3 Å². The van der Waals surface area contributed by atoms with Crippen LogP contribution >= 0.6 is 23.4 Å². The highest BCUT2D eigenvalue weighted by Gasteiger charge is 2.24. The fraction of sp³-hybridized carbons (Fsp3) is 0.333. The number of hydrogen-bond donors (Lipinski definition) is 0. The van der Waals surface area contributed by atoms with E-state index in [9.17, 15) is 9.59 Å². The molecule has 1 aromatic rings. The van der Waals surface area contributed by atoms with Gasteiger partial charge in [-0.05, 0) is 24.6 Å². The minimum Gasteiger partial charge on any atom is -0.424 e. The number of amides is 1. The number of esters is 1. The van der Waals surface area contributed by atoms with Gasteiger partial charge in [0, 0.05) is 0 Å². The van der Waals surface area contributed by atoms with Gasteiger partial charge in [0.25, 0.3) is 0 Å². The van der Waals surface area contributed by atoms with Crippen molar-refractivity contribution in [3.8, 4) is 5.75 Å². The molecule has 0 N–H and O–H groups in total. The van der Waals surface area contributed by atoms with Crippen LogP contribution in [0.25, 0.3) is 0 Å². The van der Waals surface area contributed by atoms with Crippen LogP contribution in [0.5, 0.6) is 5.75 Å². The van der Waals surface area contributed by atoms with Gasteiger partial charge in [0.15, 0.2) is 0 Å². The second-order valence-electron chi connectivity index (χ2n) is 3.98. The molecule has 0 saturated carbocycles. The Morgan fingerprint density at radius 2 is 2.33 bits per heavy atom. The van der Waals surface area contributed by atoms with Gasteiger partial charge in [-0.3, -0.25) is 4.79 Å². The topological polar surface area (TPSA) is 46.6 Å². The predicted molar refractivity (Wildman–Crippen MR) is 70.9 cm³/mol. The molecule has 0 bridgehead atoms. The Labute approximate surface area is 114 Å². The molecule has 2 rings (SSSR count). The molecular formula is C12H12ClNO3S. The summed E-state index contributed by atoms with van der Waals surface area (Å²) in [6.07, 6.45) is 0. The van der Waals surface area contributed by atoms with Gasteiger partial charge >= 0.3 is 5.97 Å². The van der Waals surface area contributed by atoms with Crippen molar-refractivity contribution in [2.45, 2.75) is 6.92 Å². The highest BCUT2D eigenvalue weighted by atomic mass is 35.5. The molecule has 1 saturated heterocycles. The second-order valence-corrected chi connectivity index (χ2v) is 5.34. The first kappa shape index (κ1) is 13.2. The van der Waals surface area contributed by atoms with Gasteiger partial charge < -0.3 is 9.64 Å². The van der Waals surface area contributed by atoms with E-state index in [0.29, 0.717) is 22.4 Å². The molecule has 0 atom stereocenters. The first-order valence-corrected chi connectivity index (χ1v) is 6.92. The molecule has 96 valence electrons. The molecule has 4 nitrogen and oxygen atoms in total. The average Bonchev–Trinajstić information content (AvgIpc) is 2.70. The highest BCUT2D eigenvalue weighted by molar-refractivity contribution is 8.00. The smallest absolute Gasteiger partial charge is 0.331 e. The van der Waals surface area contributed by atoms with Crippen LogP contribution in [0.3, 0.4) is 0 Å². The zero-order valence-corrected chi connectivity index (χ0v) is 11.4. The normalized spacial score (nSPS) is 15.0. The Morgan fingerprint density at radius 3 is 3.00 bits per heavy atom. The van der Waals surface area contributed by atoms with E-state index >= 15 is 0 Å². The Kier molecular flexibility index (Phi) is 4.14. The molecule has 1 heterocycles. The summed E-state index contributed by atoms with van der Waals surface area (Å²) in [6, 6.07) is 5.21. The molecule has 1 aromatic carbocycles. The molecule has 1 aliphatic rings. The quantitative estimate of drug-likeness (QED) is 0.630. The minimum atomic E-state index is -0.474. The van der Waals surface area contributed by atoms with E-state index in [-0.39, 0.29) is 12.5 Å². The Balaban J connectivity index is 1.98. The molecule has 0 aromatic heterocycles. The number of benzene rings is 1. The van der Waals surface area contributed by atoms with Gasteiger partial charge in [-0.15, -0.1) is 11.8 Å². The van der Waals surface area contributed by atoms with Gasteiger partial charge in [0.2, 0.25) is 5.91 Å². The Bertz CT molecular complexity index is 492. The molecule has 6 heteroatoms. The molecule has 0 aliphatic carbocycles. The average molecular weight is 286 g/mol. The molecule has 18 heavy (non-hydrogen) atoms. The number of aryl methyl sites for hydroxylation is 1. The summed E-state index contributed by atoms with van der Waals surface area (Å²) in [5.41, 5.74) is 0.954. The molecule has 0 spiro atoms. The standard InChI is InChI=1S/C12H12ClNO3S/c1-8-2-3-9(13)10(4-8)17-12(16)5-14-7-18-6-11(14)15/h2-4H,5-7H2,1H3. The predicted octanol–water partition coefficient (Wildman–Crippen LogP) is 2.09. The zero-order valence-electron chi connectivity index (χ0n) is 9.81. The number of thioether (sulfide) groups is 1. The van der Waals surface area contributed by atoms with Crippen molar-refractivity contribution < 1.29 is 14.3 Å². The van der Waals surface area contributed by atoms with Crippen LogP contribution < -0.4 is 4.74 Å². The van der Waals surface area contributed by atoms with Crippen molar-refractivity contribution in [2.75, 3.05) is 18.2 Å². The fourth-order valence-electron chi connectivity index (χ4n) is 1.54. The maximum atomic E-state index is 11.7. The molecule has 1 aliphatic heterocycles. The molecule has 1 amide bonds. The van der Waals surface area contributed by atoms with Crippen molar-refractivity contribution in [3.63, 3.8) is 0 Å². The van der Waals surface area contributed by atoms with Crippen molar-refractivity contribution in [3.05, 3.63) is 28.8 Å². The lowest BCUT2D eigenvalue weighted by molar-refractivity contribution is -0.140. The van der Waals surface area contributed by atoms with Gasteiger partial charge in [-0.1, -0.05) is 17.7 Å². The van der Waals surface area contributed by atoms with E-state index in [1.165, 1.54) is 16.7 Å². The third-order valence-electron chi connectivity index (χ3n) is 2.46. The van der Waals surface area contributed by atoms with E-state index in [1.807, 2.05) is 13.0 Å². The van der Waals surface area contributed by atoms with Crippen LogP contribution in [0.15, 0.2) is 18.2 Å². The van der Waals surface area contributed by atoms with E-state index in [1.54, 1.807) is 12.1 Å². The summed E-state index contributed by atoms with van der Waals surface area (Å²) in [6.45, 7) is 1.85. The molecule has 0 radical (unpaired) electrons. The second kappa shape index (κ2) is 5.63. The minimum absolute atomic E-state index is 0.0316. The fourth-order valence-corrected chi connectivity index (χ4v) is 2.60. The lowest BCUT2D eigenvalue weighted by Gasteiger charge is -2.14. The van der Waals surface area contributed by atoms with E-state index in [0.717, 1.165) is 5.56 Å². The maximum absolute atomic E-state index is 11.7. The number of nitrogens with zero attached hydrogens (tertiary/aromatic N) is 1. The Morgan fingerprint density at radius 1 is 1.56 bits per heavy atom. The van der Waals surface area contributed by atoms with Crippen molar-refractivity contribution in [1.29, 1.82) is 0 Å². The van der Waals surface area contributed by atoms with Gasteiger partial charge in [-0.25, -0.2) is 4.79 Å². The lowest BCUT2D eigenvalue weighted by atomic mass is 10.2. The number of hydrogen-bond acceptors (Lipinski definition) is 4. The number of rotatable bonds is 3. The third-order valence-corrected chi connectivity index (χ3v) is 3.71. The largest absolute Gasteiger partial charge is 0.424 e. The van der Waals surface area contributed by atoms with Crippen LogP contribution in [0.4, 0.5) is 0 Å². The number of carbonyl (C=O) groups is 2. The SMILES string of the molecule is Cc1ccc(Cl)c(OC(=O)CN2CSCC2=O)c1. The zero-order chi connectivity index (χ0) is 13.1. The summed E-state index contributed by atoms with van der Waals surface area (Å²) >= 11 is 7.41. The summed E-state index contributed by atoms with van der Waals surface area (Å²) < 4.78 is 5.16. The summed E-state index contributed by atoms with van der Waals surface area (Å²) in [7, 11) is 0. The van der Waals surface area contributed by atoms with E-state index in [2.05, 4.69) is 0 Å². The van der Waals surface area contributed by atoms with Gasteiger partial charge in [-0.2, -0.15) is 0 Å². The Hall–Kier alpha value is -1.20. The van der Waals surface area contributed by atoms with Crippen LogP contribution in [0.1, 0.15) is 5.56 Å². The van der Waals surface area contributed by atoms with Crippen LogP contribution in [-0.4, -0.2) is 35.0 Å². The highest BCUT2D eigenvalue weighted by Crippen LogP contribution is 2.25. The number of ether oxygens (including phenoxy) is 1. The monoisotopic (exact) mass is 285 g/mol. The van der Waals surface area contributed by atoms with Crippen molar-refractivity contribution in [2.24, 2.45) is 0 Å². The lowest BCUT2D eigenvalue weighted by Crippen LogP contribution is -2.33. The van der Waals surface area contributed by atoms with Crippen LogP contribution in [0.2, 0.25) is 5.02 Å². The summed E-state index contributed by atoms with van der Waals surface area (Å²) in [5, 5.41) is 0.385. The molecular weight excluding hydrogens is 274 g/mol. The van der Waals surface area contributed by atoms with Crippen LogP contribution in [-0.2, 0) is 9.59 Å². The maximum Gasteiger partial charge on any atom is 0.331 e. The van der Waals surface area contributed by atoms with Gasteiger partial charge in [0.1, 0.15) is 12.3 Å². The van der Waals surface area contributed by atoms with Crippen LogP contribution in [0, 0.1) is 6.92 Å². The number of halogens is 1. The van der Waals surface area contributed by atoms with Crippen molar-refractivity contribution in [1.82, 2.24) is 4.90 Å². The van der Waals surface area contributed by atoms with E-state index < -0.39 is 5.97 Å². The molecule has 0 unspecified atom stereocenters. The first-order chi connectivity index (χ1) is 8.56. The third kappa shape index (κ3) is 3.17. The van der Waals surface area contributed by atoms with Crippen molar-refractivity contribution >= 4 is 35.2 Å². The number of carbonyl (C=O) groups excluding carboxylic acids is 2. The first-order valence-electron chi connectivity index (χ1n) is 5.38. The van der Waals surface area contributed by atoms with Gasteiger partial charge in [0.05, 0.1) is 16.7 Å². The molecule has 1 fully saturated rings.